The zero-order valence-corrected chi connectivity index (χ0v) is 51.4. The lowest BCUT2D eigenvalue weighted by atomic mass is 10.0. The van der Waals surface area contributed by atoms with Gasteiger partial charge in [0.05, 0.1) is 6.61 Å². The van der Waals surface area contributed by atoms with Gasteiger partial charge < -0.3 is 14.6 Å². The van der Waals surface area contributed by atoms with Crippen molar-refractivity contribution in [3.8, 4) is 0 Å². The molecule has 446 valence electrons. The van der Waals surface area contributed by atoms with Crippen LogP contribution in [0.25, 0.3) is 0 Å². The van der Waals surface area contributed by atoms with E-state index in [1.54, 1.807) is 0 Å². The van der Waals surface area contributed by atoms with Gasteiger partial charge in [-0.15, -0.1) is 0 Å². The van der Waals surface area contributed by atoms with Gasteiger partial charge in [0.25, 0.3) is 0 Å². The van der Waals surface area contributed by atoms with Crippen LogP contribution in [0, 0.1) is 0 Å². The van der Waals surface area contributed by atoms with Crippen LogP contribution in [0.4, 0.5) is 0 Å². The summed E-state index contributed by atoms with van der Waals surface area (Å²) in [5, 5.41) is 9.70. The van der Waals surface area contributed by atoms with Crippen molar-refractivity contribution >= 4 is 11.9 Å². The summed E-state index contributed by atoms with van der Waals surface area (Å²) in [6.45, 7) is 4.22. The Labute approximate surface area is 471 Å². The first-order valence-electron chi connectivity index (χ1n) is 34.7. The number of carbonyl (C=O) groups excluding carboxylic acids is 2. The predicted molar refractivity (Wildman–Crippen MR) is 330 cm³/mol. The van der Waals surface area contributed by atoms with Crippen molar-refractivity contribution in [3.05, 3.63) is 12.2 Å². The third-order valence-electron chi connectivity index (χ3n) is 16.3. The second-order valence-electron chi connectivity index (χ2n) is 24.0. The van der Waals surface area contributed by atoms with Crippen LogP contribution in [0.15, 0.2) is 12.2 Å². The van der Waals surface area contributed by atoms with E-state index < -0.39 is 6.10 Å². The Morgan fingerprint density at radius 3 is 0.720 bits per heavy atom. The normalized spacial score (nSPS) is 12.1. The number of hydrogen-bond donors (Lipinski definition) is 1. The minimum atomic E-state index is -0.767. The summed E-state index contributed by atoms with van der Waals surface area (Å²) < 4.78 is 10.8. The van der Waals surface area contributed by atoms with Crippen molar-refractivity contribution in [1.82, 2.24) is 0 Å². The molecule has 75 heavy (non-hydrogen) atoms. The molecular weight excluding hydrogens is 921 g/mol. The molecule has 5 nitrogen and oxygen atoms in total. The molecule has 0 aromatic rings. The molecule has 0 bridgehead atoms. The number of ether oxygens (including phenoxy) is 2. The van der Waals surface area contributed by atoms with Crippen molar-refractivity contribution in [2.24, 2.45) is 0 Å². The number of rotatable bonds is 66. The Balaban J connectivity index is 3.36. The number of aliphatic hydroxyl groups is 1. The number of unbranched alkanes of at least 4 members (excludes halogenated alkanes) is 56. The van der Waals surface area contributed by atoms with Gasteiger partial charge in [-0.05, 0) is 38.5 Å². The molecule has 0 aliphatic carbocycles. The third-order valence-corrected chi connectivity index (χ3v) is 16.3. The zero-order chi connectivity index (χ0) is 54.1. The van der Waals surface area contributed by atoms with Crippen molar-refractivity contribution in [2.75, 3.05) is 13.2 Å². The summed E-state index contributed by atoms with van der Waals surface area (Å²) in [6.07, 6.45) is 85.4. The molecule has 0 heterocycles. The maximum absolute atomic E-state index is 12.4. The van der Waals surface area contributed by atoms with E-state index in [9.17, 15) is 14.7 Å². The van der Waals surface area contributed by atoms with E-state index in [0.717, 1.165) is 32.1 Å². The van der Waals surface area contributed by atoms with Gasteiger partial charge in [-0.25, -0.2) is 0 Å². The van der Waals surface area contributed by atoms with E-state index in [1.165, 1.54) is 347 Å². The summed E-state index contributed by atoms with van der Waals surface area (Å²) in [5.74, 6) is -0.561. The van der Waals surface area contributed by atoms with E-state index in [-0.39, 0.29) is 25.2 Å². The van der Waals surface area contributed by atoms with Crippen LogP contribution in [-0.4, -0.2) is 36.4 Å². The topological polar surface area (TPSA) is 72.8 Å². The molecular formula is C70H136O5. The molecule has 0 aliphatic rings. The second kappa shape index (κ2) is 66.9. The number of aliphatic hydroxyl groups excluding tert-OH is 1. The molecule has 0 aromatic carbocycles. The molecule has 0 aliphatic heterocycles. The van der Waals surface area contributed by atoms with Gasteiger partial charge in [0.2, 0.25) is 0 Å². The molecule has 0 radical (unpaired) electrons. The molecule has 0 fully saturated rings. The lowest BCUT2D eigenvalue weighted by Gasteiger charge is -2.15. The standard InChI is InChI=1S/C70H136O5/c1-3-5-7-9-11-13-15-17-19-21-23-25-27-29-31-33-34-35-36-37-39-41-43-45-47-49-51-53-55-57-59-61-63-65-70(73)75-68(66-71)67-74-69(72)64-62-60-58-56-54-52-50-48-46-44-42-40-38-32-30-28-26-24-22-20-18-16-14-12-10-8-6-4-2/h21,23,68,71H,3-20,22,24-67H2,1-2H3/b23-21-. The number of esters is 2. The number of hydrogen-bond acceptors (Lipinski definition) is 5. The summed E-state index contributed by atoms with van der Waals surface area (Å²) in [7, 11) is 0. The lowest BCUT2D eigenvalue weighted by Crippen LogP contribution is -2.28. The van der Waals surface area contributed by atoms with Crippen LogP contribution in [0.3, 0.4) is 0 Å². The van der Waals surface area contributed by atoms with Crippen molar-refractivity contribution in [1.29, 1.82) is 0 Å². The molecule has 0 amide bonds. The highest BCUT2D eigenvalue weighted by atomic mass is 16.6. The molecule has 1 atom stereocenters. The first-order valence-corrected chi connectivity index (χ1v) is 34.7. The zero-order valence-electron chi connectivity index (χ0n) is 51.4. The minimum Gasteiger partial charge on any atom is -0.462 e. The van der Waals surface area contributed by atoms with Gasteiger partial charge in [0.15, 0.2) is 6.10 Å². The Kier molecular flexibility index (Phi) is 65.7. The molecule has 1 N–H and O–H groups in total. The van der Waals surface area contributed by atoms with E-state index >= 15 is 0 Å². The smallest absolute Gasteiger partial charge is 0.306 e. The maximum atomic E-state index is 12.4. The van der Waals surface area contributed by atoms with E-state index in [4.69, 9.17) is 9.47 Å². The van der Waals surface area contributed by atoms with Crippen LogP contribution < -0.4 is 0 Å². The summed E-state index contributed by atoms with van der Waals surface area (Å²) in [5.41, 5.74) is 0. The Hall–Kier alpha value is -1.36. The van der Waals surface area contributed by atoms with Gasteiger partial charge in [-0.2, -0.15) is 0 Å². The van der Waals surface area contributed by atoms with Crippen LogP contribution in [0.2, 0.25) is 0 Å². The van der Waals surface area contributed by atoms with Crippen molar-refractivity contribution in [3.63, 3.8) is 0 Å². The van der Waals surface area contributed by atoms with Crippen molar-refractivity contribution < 1.29 is 24.2 Å². The van der Waals surface area contributed by atoms with E-state index in [2.05, 4.69) is 26.0 Å². The van der Waals surface area contributed by atoms with E-state index in [0.29, 0.717) is 12.8 Å². The van der Waals surface area contributed by atoms with E-state index in [1.807, 2.05) is 0 Å². The molecule has 1 unspecified atom stereocenters. The quantitative estimate of drug-likeness (QED) is 0.0373. The fraction of sp³-hybridized carbons (Fsp3) is 0.943. The highest BCUT2D eigenvalue weighted by Crippen LogP contribution is 2.19. The number of allylic oxidation sites excluding steroid dienone is 2. The van der Waals surface area contributed by atoms with Gasteiger partial charge in [-0.1, -0.05) is 366 Å². The second-order valence-corrected chi connectivity index (χ2v) is 24.0. The molecule has 0 aromatic heterocycles. The van der Waals surface area contributed by atoms with Crippen LogP contribution in [0.5, 0.6) is 0 Å². The Bertz CT molecular complexity index is 1100. The fourth-order valence-corrected chi connectivity index (χ4v) is 11.1. The van der Waals surface area contributed by atoms with Crippen molar-refractivity contribution in [2.45, 2.75) is 412 Å². The fourth-order valence-electron chi connectivity index (χ4n) is 11.1. The SMILES string of the molecule is CCCCCCCCCC/C=C\CCCCCCCCCCCCCCCCCCCCCCCC(=O)OC(CO)COC(=O)CCCCCCCCCCCCCCCCCCCCCCCCCCCCCC. The molecule has 0 spiro atoms. The lowest BCUT2D eigenvalue weighted by molar-refractivity contribution is -0.161. The monoisotopic (exact) mass is 1060 g/mol. The minimum absolute atomic E-state index is 0.0565. The largest absolute Gasteiger partial charge is 0.462 e. The number of carbonyl (C=O) groups is 2. The van der Waals surface area contributed by atoms with Gasteiger partial charge >= 0.3 is 11.9 Å². The Morgan fingerprint density at radius 2 is 0.493 bits per heavy atom. The third kappa shape index (κ3) is 65.1. The Morgan fingerprint density at radius 1 is 0.293 bits per heavy atom. The first kappa shape index (κ1) is 73.6. The molecule has 0 saturated carbocycles. The maximum Gasteiger partial charge on any atom is 0.306 e. The van der Waals surface area contributed by atoms with Gasteiger partial charge in [0.1, 0.15) is 6.61 Å². The molecule has 5 heteroatoms. The highest BCUT2D eigenvalue weighted by molar-refractivity contribution is 5.70. The van der Waals surface area contributed by atoms with Gasteiger partial charge in [0, 0.05) is 12.8 Å². The molecule has 0 saturated heterocycles. The first-order chi connectivity index (χ1) is 37.1. The predicted octanol–water partition coefficient (Wildman–Crippen LogP) is 23.8. The van der Waals surface area contributed by atoms with Gasteiger partial charge in [-0.3, -0.25) is 9.59 Å². The van der Waals surface area contributed by atoms with Crippen LogP contribution >= 0.6 is 0 Å². The van der Waals surface area contributed by atoms with Crippen LogP contribution in [0.1, 0.15) is 406 Å². The van der Waals surface area contributed by atoms with Crippen LogP contribution in [-0.2, 0) is 19.1 Å². The summed E-state index contributed by atoms with van der Waals surface area (Å²) >= 11 is 0. The summed E-state index contributed by atoms with van der Waals surface area (Å²) in [6, 6.07) is 0. The average Bonchev–Trinajstić information content (AvgIpc) is 3.41. The highest BCUT2D eigenvalue weighted by Gasteiger charge is 2.16. The summed E-state index contributed by atoms with van der Waals surface area (Å²) in [4.78, 5) is 24.6. The average molecular weight is 1060 g/mol. The molecule has 0 rings (SSSR count).